The molecule has 0 amide bonds. The van der Waals surface area contributed by atoms with Gasteiger partial charge in [-0.05, 0) is 35.4 Å². The Morgan fingerprint density at radius 1 is 0.941 bits per heavy atom. The number of rotatable bonds is 10. The summed E-state index contributed by atoms with van der Waals surface area (Å²) in [6.45, 7) is 0.888. The van der Waals surface area contributed by atoms with Gasteiger partial charge in [-0.1, -0.05) is 36.4 Å². The van der Waals surface area contributed by atoms with E-state index in [9.17, 15) is 15.0 Å². The molecule has 176 valence electrons. The Kier molecular flexibility index (Phi) is 7.47. The Morgan fingerprint density at radius 3 is 2.41 bits per heavy atom. The smallest absolute Gasteiger partial charge is 0.200 e. The Morgan fingerprint density at radius 2 is 1.71 bits per heavy atom. The molecule has 7 heteroatoms. The fraction of sp³-hybridized carbons (Fsp3) is 0.222. The van der Waals surface area contributed by atoms with Gasteiger partial charge in [0.25, 0.3) is 0 Å². The summed E-state index contributed by atoms with van der Waals surface area (Å²) in [5.41, 5.74) is 3.05. The van der Waals surface area contributed by atoms with Gasteiger partial charge in [0.1, 0.15) is 30.0 Å². The number of fused-ring (bicyclic) bond motifs is 1. The van der Waals surface area contributed by atoms with Crippen LogP contribution in [-0.4, -0.2) is 43.6 Å². The van der Waals surface area contributed by atoms with Gasteiger partial charge in [-0.3, -0.25) is 4.79 Å². The summed E-state index contributed by atoms with van der Waals surface area (Å²) in [4.78, 5) is 15.1. The molecule has 0 unspecified atom stereocenters. The van der Waals surface area contributed by atoms with E-state index < -0.39 is 0 Å². The predicted molar refractivity (Wildman–Crippen MR) is 132 cm³/mol. The highest BCUT2D eigenvalue weighted by atomic mass is 16.5. The van der Waals surface area contributed by atoms with Crippen molar-refractivity contribution in [2.45, 2.75) is 6.61 Å². The van der Waals surface area contributed by atoms with Gasteiger partial charge in [0.05, 0.1) is 37.0 Å². The van der Waals surface area contributed by atoms with Crippen molar-refractivity contribution in [2.24, 2.45) is 0 Å². The second-order valence-electron chi connectivity index (χ2n) is 7.73. The lowest BCUT2D eigenvalue weighted by Gasteiger charge is -2.25. The first-order chi connectivity index (χ1) is 16.6. The highest BCUT2D eigenvalue weighted by Gasteiger charge is 2.16. The molecule has 34 heavy (non-hydrogen) atoms. The lowest BCUT2D eigenvalue weighted by Crippen LogP contribution is -2.30. The molecule has 0 aliphatic rings. The van der Waals surface area contributed by atoms with Crippen LogP contribution in [0.2, 0.25) is 0 Å². The van der Waals surface area contributed by atoms with Gasteiger partial charge >= 0.3 is 0 Å². The van der Waals surface area contributed by atoms with E-state index in [-0.39, 0.29) is 18.6 Å². The first kappa shape index (κ1) is 23.4. The molecule has 1 heterocycles. The third-order valence-corrected chi connectivity index (χ3v) is 5.56. The number of nitrogens with zero attached hydrogens (tertiary/aromatic N) is 1. The van der Waals surface area contributed by atoms with Crippen LogP contribution in [0.25, 0.3) is 22.1 Å². The molecule has 1 aromatic heterocycles. The number of hydrogen-bond acceptors (Lipinski definition) is 7. The zero-order chi connectivity index (χ0) is 23.9. The molecule has 0 saturated heterocycles. The number of methoxy groups -OCH3 is 1. The fourth-order valence-electron chi connectivity index (χ4n) is 3.84. The second-order valence-corrected chi connectivity index (χ2v) is 7.73. The van der Waals surface area contributed by atoms with Crippen molar-refractivity contribution in [3.63, 3.8) is 0 Å². The van der Waals surface area contributed by atoms with Crippen LogP contribution in [0, 0.1) is 0 Å². The van der Waals surface area contributed by atoms with Gasteiger partial charge in [-0.2, -0.15) is 0 Å². The Hall–Kier alpha value is -3.81. The van der Waals surface area contributed by atoms with Gasteiger partial charge in [-0.25, -0.2) is 0 Å². The molecule has 3 aromatic carbocycles. The zero-order valence-corrected chi connectivity index (χ0v) is 18.9. The topological polar surface area (TPSA) is 92.4 Å². The van der Waals surface area contributed by atoms with E-state index >= 15 is 0 Å². The molecule has 0 saturated carbocycles. The lowest BCUT2D eigenvalue weighted by molar-refractivity contribution is 0.280. The first-order valence-corrected chi connectivity index (χ1v) is 11.0. The standard InChI is InChI=1S/C27H27NO6/c1-32-25-10-7-20(15-24(25)28(11-13-29)12-14-30)23-18-34-26-16-21(8-9-22(26)27(23)31)33-17-19-5-3-2-4-6-19/h2-10,15-16,18,29-30H,11-14,17H2,1H3. The third kappa shape index (κ3) is 5.06. The molecule has 0 aliphatic heterocycles. The molecular formula is C27H27NO6. The van der Waals surface area contributed by atoms with Crippen LogP contribution in [0.15, 0.2) is 82.2 Å². The predicted octanol–water partition coefficient (Wildman–Crippen LogP) is 3.84. The van der Waals surface area contributed by atoms with Gasteiger partial charge in [0, 0.05) is 19.2 Å². The van der Waals surface area contributed by atoms with E-state index in [0.717, 1.165) is 5.56 Å². The zero-order valence-electron chi connectivity index (χ0n) is 18.9. The Labute approximate surface area is 197 Å². The van der Waals surface area contributed by atoms with Crippen molar-refractivity contribution >= 4 is 16.7 Å². The Bertz CT molecular complexity index is 1300. The minimum atomic E-state index is -0.164. The molecule has 0 atom stereocenters. The summed E-state index contributed by atoms with van der Waals surface area (Å²) in [5, 5.41) is 19.3. The van der Waals surface area contributed by atoms with Crippen molar-refractivity contribution < 1.29 is 24.1 Å². The molecule has 0 bridgehead atoms. The quantitative estimate of drug-likeness (QED) is 0.371. The van der Waals surface area contributed by atoms with Crippen LogP contribution in [0.3, 0.4) is 0 Å². The van der Waals surface area contributed by atoms with Crippen LogP contribution in [0.4, 0.5) is 5.69 Å². The molecule has 0 radical (unpaired) electrons. The molecule has 0 spiro atoms. The molecule has 2 N–H and O–H groups in total. The van der Waals surface area contributed by atoms with Crippen molar-refractivity contribution in [3.05, 3.63) is 88.8 Å². The van der Waals surface area contributed by atoms with E-state index in [0.29, 0.717) is 59.0 Å². The van der Waals surface area contributed by atoms with Gasteiger partial charge in [-0.15, -0.1) is 0 Å². The highest BCUT2D eigenvalue weighted by molar-refractivity contribution is 5.83. The minimum absolute atomic E-state index is 0.0832. The summed E-state index contributed by atoms with van der Waals surface area (Å²) >= 11 is 0. The SMILES string of the molecule is COc1ccc(-c2coc3cc(OCc4ccccc4)ccc3c2=O)cc1N(CCO)CCO. The molecule has 7 nitrogen and oxygen atoms in total. The largest absolute Gasteiger partial charge is 0.495 e. The van der Waals surface area contributed by atoms with Crippen LogP contribution in [0.1, 0.15) is 5.56 Å². The number of ether oxygens (including phenoxy) is 2. The number of aliphatic hydroxyl groups excluding tert-OH is 2. The monoisotopic (exact) mass is 461 g/mol. The van der Waals surface area contributed by atoms with E-state index in [2.05, 4.69) is 0 Å². The average molecular weight is 462 g/mol. The van der Waals surface area contributed by atoms with E-state index in [1.54, 1.807) is 48.4 Å². The molecular weight excluding hydrogens is 434 g/mol. The summed E-state index contributed by atoms with van der Waals surface area (Å²) in [6, 6.07) is 20.4. The maximum Gasteiger partial charge on any atom is 0.200 e. The van der Waals surface area contributed by atoms with Gasteiger partial charge < -0.3 is 29.0 Å². The maximum atomic E-state index is 13.3. The summed E-state index contributed by atoms with van der Waals surface area (Å²) in [5.74, 6) is 1.19. The highest BCUT2D eigenvalue weighted by Crippen LogP contribution is 2.33. The van der Waals surface area contributed by atoms with Crippen molar-refractivity contribution in [2.75, 3.05) is 38.3 Å². The summed E-state index contributed by atoms with van der Waals surface area (Å²) in [6.07, 6.45) is 1.44. The van der Waals surface area contributed by atoms with Gasteiger partial charge in [0.15, 0.2) is 5.43 Å². The van der Waals surface area contributed by atoms with Crippen LogP contribution < -0.4 is 19.8 Å². The minimum Gasteiger partial charge on any atom is -0.495 e. The van der Waals surface area contributed by atoms with Crippen LogP contribution in [0.5, 0.6) is 11.5 Å². The third-order valence-electron chi connectivity index (χ3n) is 5.56. The van der Waals surface area contributed by atoms with E-state index in [1.165, 1.54) is 6.26 Å². The lowest BCUT2D eigenvalue weighted by atomic mass is 10.0. The molecule has 4 rings (SSSR count). The van der Waals surface area contributed by atoms with Crippen molar-refractivity contribution in [1.82, 2.24) is 0 Å². The van der Waals surface area contributed by atoms with Gasteiger partial charge in [0.2, 0.25) is 0 Å². The van der Waals surface area contributed by atoms with Crippen molar-refractivity contribution in [1.29, 1.82) is 0 Å². The van der Waals surface area contributed by atoms with E-state index in [4.69, 9.17) is 13.9 Å². The maximum absolute atomic E-state index is 13.3. The molecule has 0 fully saturated rings. The average Bonchev–Trinajstić information content (AvgIpc) is 2.88. The fourth-order valence-corrected chi connectivity index (χ4v) is 3.84. The molecule has 4 aromatic rings. The number of aliphatic hydroxyl groups is 2. The second kappa shape index (κ2) is 10.9. The summed E-state index contributed by atoms with van der Waals surface area (Å²) in [7, 11) is 1.55. The van der Waals surface area contributed by atoms with Crippen LogP contribution >= 0.6 is 0 Å². The normalized spacial score (nSPS) is 10.9. The number of benzene rings is 3. The van der Waals surface area contributed by atoms with Crippen LogP contribution in [-0.2, 0) is 6.61 Å². The first-order valence-electron chi connectivity index (χ1n) is 11.0. The number of anilines is 1. The van der Waals surface area contributed by atoms with E-state index in [1.807, 2.05) is 30.3 Å². The molecule has 0 aliphatic carbocycles. The van der Waals surface area contributed by atoms with Crippen molar-refractivity contribution in [3.8, 4) is 22.6 Å². The Balaban J connectivity index is 1.66. The number of hydrogen-bond donors (Lipinski definition) is 2. The summed E-state index contributed by atoms with van der Waals surface area (Å²) < 4.78 is 17.1.